The Morgan fingerprint density at radius 3 is 2.68 bits per heavy atom. The number of halogens is 2. The zero-order chi connectivity index (χ0) is 27.0. The average Bonchev–Trinajstić information content (AvgIpc) is 3.58. The Labute approximate surface area is 232 Å². The first-order valence-corrected chi connectivity index (χ1v) is 15.3. The van der Waals surface area contributed by atoms with Crippen molar-refractivity contribution in [2.45, 2.75) is 42.5 Å². The van der Waals surface area contributed by atoms with Crippen LogP contribution in [0.25, 0.3) is 0 Å². The van der Waals surface area contributed by atoms with Gasteiger partial charge in [-0.15, -0.1) is 11.3 Å². The summed E-state index contributed by atoms with van der Waals surface area (Å²) in [4.78, 5) is 3.35. The van der Waals surface area contributed by atoms with Crippen LogP contribution in [-0.4, -0.2) is 52.2 Å². The zero-order valence-corrected chi connectivity index (χ0v) is 23.6. The number of rotatable bonds is 14. The summed E-state index contributed by atoms with van der Waals surface area (Å²) in [6.45, 7) is 3.35. The molecular weight excluding hydrogens is 549 g/mol. The van der Waals surface area contributed by atoms with E-state index in [2.05, 4.69) is 37.8 Å². The molecule has 0 amide bonds. The summed E-state index contributed by atoms with van der Waals surface area (Å²) < 4.78 is 47.2. The van der Waals surface area contributed by atoms with E-state index < -0.39 is 20.7 Å². The van der Waals surface area contributed by atoms with Gasteiger partial charge in [-0.2, -0.15) is 0 Å². The molecule has 206 valence electrons. The summed E-state index contributed by atoms with van der Waals surface area (Å²) in [5, 5.41) is 12.3. The molecule has 1 aliphatic heterocycles. The lowest BCUT2D eigenvalue weighted by Gasteiger charge is -2.30. The van der Waals surface area contributed by atoms with E-state index >= 15 is 0 Å². The smallest absolute Gasteiger partial charge is 0.266 e. The Hall–Kier alpha value is -2.44. The first-order chi connectivity index (χ1) is 18.3. The van der Waals surface area contributed by atoms with E-state index in [0.29, 0.717) is 12.2 Å². The van der Waals surface area contributed by atoms with Gasteiger partial charge < -0.3 is 20.7 Å². The second kappa shape index (κ2) is 13.1. The van der Waals surface area contributed by atoms with E-state index in [1.54, 1.807) is 12.5 Å². The van der Waals surface area contributed by atoms with Gasteiger partial charge in [0.15, 0.2) is 5.13 Å². The third-order valence-electron chi connectivity index (χ3n) is 6.56. The lowest BCUT2D eigenvalue weighted by molar-refractivity contribution is 0.348. The van der Waals surface area contributed by atoms with Crippen molar-refractivity contribution < 1.29 is 17.5 Å². The maximum Gasteiger partial charge on any atom is 0.266 e. The van der Waals surface area contributed by atoms with Crippen LogP contribution in [0, 0.1) is 5.82 Å². The summed E-state index contributed by atoms with van der Waals surface area (Å²) in [7, 11) is -2.46. The Morgan fingerprint density at radius 1 is 1.21 bits per heavy atom. The number of benzene rings is 2. The number of unbranched alkanes of at least 4 members (excludes halogenated alkanes) is 1. The third-order valence-corrected chi connectivity index (χ3v) is 9.04. The van der Waals surface area contributed by atoms with Crippen molar-refractivity contribution in [3.8, 4) is 5.75 Å². The number of thiazole rings is 1. The number of hydrogen-bond acceptors (Lipinski definition) is 8. The molecule has 4 N–H and O–H groups in total. The van der Waals surface area contributed by atoms with Crippen molar-refractivity contribution in [1.82, 2.24) is 15.6 Å². The molecule has 1 atom stereocenters. The van der Waals surface area contributed by atoms with Crippen molar-refractivity contribution in [1.29, 1.82) is 0 Å². The van der Waals surface area contributed by atoms with Gasteiger partial charge in [-0.1, -0.05) is 23.7 Å². The molecular formula is C26H33ClFN5O3S2. The third kappa shape index (κ3) is 7.57. The highest BCUT2D eigenvalue weighted by molar-refractivity contribution is 7.93. The molecule has 2 heterocycles. The maximum atomic E-state index is 14.7. The molecule has 1 aromatic heterocycles. The Morgan fingerprint density at radius 2 is 2.00 bits per heavy atom. The van der Waals surface area contributed by atoms with E-state index in [4.69, 9.17) is 16.3 Å². The second-order valence-corrected chi connectivity index (χ2v) is 12.3. The van der Waals surface area contributed by atoms with Crippen molar-refractivity contribution in [2.24, 2.45) is 0 Å². The molecule has 1 fully saturated rings. The standard InChI is InChI=1S/C26H33ClFN5O3S2/c1-36-20-7-5-19(6-8-20)17-26(9-4-12-32-26)18-29-10-2-3-11-30-23-16-22(28)24(15-21(23)27)38(34,35)33-25-31-13-14-37-25/h5-8,13-16,29-30,32H,2-4,9-12,17-18H2,1H3,(H,31,33)/t26-/m0/s1. The monoisotopic (exact) mass is 581 g/mol. The van der Waals surface area contributed by atoms with Crippen LogP contribution in [0.3, 0.4) is 0 Å². The van der Waals surface area contributed by atoms with E-state index in [1.165, 1.54) is 18.2 Å². The number of ether oxygens (including phenoxy) is 1. The number of nitrogens with one attached hydrogen (secondary N) is 4. The minimum absolute atomic E-state index is 0.0500. The fourth-order valence-corrected chi connectivity index (χ4v) is 6.78. The lowest BCUT2D eigenvalue weighted by atomic mass is 9.89. The fraction of sp³-hybridized carbons (Fsp3) is 0.423. The summed E-state index contributed by atoms with van der Waals surface area (Å²) in [5.74, 6) is -0.0172. The van der Waals surface area contributed by atoms with Crippen molar-refractivity contribution >= 4 is 43.8 Å². The van der Waals surface area contributed by atoms with Gasteiger partial charge in [0.25, 0.3) is 10.0 Å². The van der Waals surface area contributed by atoms with Gasteiger partial charge in [0.2, 0.25) is 0 Å². The summed E-state index contributed by atoms with van der Waals surface area (Å²) >= 11 is 7.37. The molecule has 0 unspecified atom stereocenters. The van der Waals surface area contributed by atoms with Gasteiger partial charge in [-0.05, 0) is 75.0 Å². The van der Waals surface area contributed by atoms with E-state index in [9.17, 15) is 12.8 Å². The topological polar surface area (TPSA) is 104 Å². The van der Waals surface area contributed by atoms with Crippen LogP contribution in [0.15, 0.2) is 52.9 Å². The van der Waals surface area contributed by atoms with Gasteiger partial charge >= 0.3 is 0 Å². The van der Waals surface area contributed by atoms with Crippen LogP contribution in [0.2, 0.25) is 5.02 Å². The van der Waals surface area contributed by atoms with Crippen molar-refractivity contribution in [2.75, 3.05) is 43.3 Å². The molecule has 2 aromatic carbocycles. The Bertz CT molecular complexity index is 1280. The predicted octanol–water partition coefficient (Wildman–Crippen LogP) is 4.89. The summed E-state index contributed by atoms with van der Waals surface area (Å²) in [6.07, 6.45) is 6.48. The van der Waals surface area contributed by atoms with Crippen LogP contribution in [0.1, 0.15) is 31.2 Å². The molecule has 12 heteroatoms. The number of anilines is 2. The first-order valence-electron chi connectivity index (χ1n) is 12.5. The average molecular weight is 582 g/mol. The van der Waals surface area contributed by atoms with Crippen molar-refractivity contribution in [3.63, 3.8) is 0 Å². The van der Waals surface area contributed by atoms with Crippen LogP contribution < -0.4 is 25.4 Å². The number of sulfonamides is 1. The van der Waals surface area contributed by atoms with Crippen molar-refractivity contribution in [3.05, 3.63) is 64.4 Å². The molecule has 0 radical (unpaired) electrons. The van der Waals surface area contributed by atoms with E-state index in [0.717, 1.165) is 74.5 Å². The largest absolute Gasteiger partial charge is 0.497 e. The highest BCUT2D eigenvalue weighted by Crippen LogP contribution is 2.30. The predicted molar refractivity (Wildman–Crippen MR) is 152 cm³/mol. The van der Waals surface area contributed by atoms with E-state index in [1.807, 2.05) is 12.1 Å². The number of methoxy groups -OCH3 is 1. The molecule has 1 saturated heterocycles. The molecule has 4 rings (SSSR count). The molecule has 3 aromatic rings. The van der Waals surface area contributed by atoms with Crippen LogP contribution in [0.5, 0.6) is 5.75 Å². The highest BCUT2D eigenvalue weighted by Gasteiger charge is 2.33. The van der Waals surface area contributed by atoms with Crippen LogP contribution >= 0.6 is 22.9 Å². The molecule has 8 nitrogen and oxygen atoms in total. The minimum atomic E-state index is -4.13. The van der Waals surface area contributed by atoms with Gasteiger partial charge in [0.1, 0.15) is 16.5 Å². The Kier molecular flexibility index (Phi) is 9.83. The molecule has 0 bridgehead atoms. The normalized spacial score (nSPS) is 17.4. The molecule has 0 aliphatic carbocycles. The van der Waals surface area contributed by atoms with Gasteiger partial charge in [-0.25, -0.2) is 17.8 Å². The number of nitrogens with zero attached hydrogens (tertiary/aromatic N) is 1. The van der Waals surface area contributed by atoms with Gasteiger partial charge in [-0.3, -0.25) is 4.72 Å². The number of hydrogen-bond donors (Lipinski definition) is 4. The highest BCUT2D eigenvalue weighted by atomic mass is 35.5. The molecule has 38 heavy (non-hydrogen) atoms. The van der Waals surface area contributed by atoms with Gasteiger partial charge in [0, 0.05) is 30.2 Å². The minimum Gasteiger partial charge on any atom is -0.497 e. The maximum absolute atomic E-state index is 14.7. The first kappa shape index (κ1) is 28.6. The molecule has 0 spiro atoms. The van der Waals surface area contributed by atoms with Gasteiger partial charge in [0.05, 0.1) is 17.8 Å². The van der Waals surface area contributed by atoms with Crippen LogP contribution in [0.4, 0.5) is 15.2 Å². The fourth-order valence-electron chi connectivity index (χ4n) is 4.61. The summed E-state index contributed by atoms with van der Waals surface area (Å²) in [5.41, 5.74) is 1.70. The molecule has 1 aliphatic rings. The quantitative estimate of drug-likeness (QED) is 0.201. The SMILES string of the molecule is COc1ccc(C[C@]2(CNCCCCNc3cc(F)c(S(=O)(=O)Nc4nccs4)cc3Cl)CCCN2)cc1. The zero-order valence-electron chi connectivity index (χ0n) is 21.2. The molecule has 0 saturated carbocycles. The lowest BCUT2D eigenvalue weighted by Crippen LogP contribution is -2.50. The Balaban J connectivity index is 1.21. The number of aromatic nitrogens is 1. The van der Waals surface area contributed by atoms with Crippen LogP contribution in [-0.2, 0) is 16.4 Å². The van der Waals surface area contributed by atoms with E-state index in [-0.39, 0.29) is 15.7 Å². The summed E-state index contributed by atoms with van der Waals surface area (Å²) in [6, 6.07) is 10.5. The second-order valence-electron chi connectivity index (χ2n) is 9.35.